The number of hydrogen-bond acceptors (Lipinski definition) is 3. The summed E-state index contributed by atoms with van der Waals surface area (Å²) in [6.07, 6.45) is -2.84. The molecule has 108 valence electrons. The zero-order valence-corrected chi connectivity index (χ0v) is 11.0. The lowest BCUT2D eigenvalue weighted by molar-refractivity contribution is -0.137. The molecule has 1 aromatic rings. The molecular weight excluding hydrogens is 269 g/mol. The van der Waals surface area contributed by atoms with Gasteiger partial charge in [-0.2, -0.15) is 18.4 Å². The number of halogens is 3. The second-order valence-corrected chi connectivity index (χ2v) is 5.21. The minimum atomic E-state index is -4.53. The van der Waals surface area contributed by atoms with Gasteiger partial charge in [0.25, 0.3) is 0 Å². The van der Waals surface area contributed by atoms with Gasteiger partial charge >= 0.3 is 6.18 Å². The zero-order valence-electron chi connectivity index (χ0n) is 11.0. The van der Waals surface area contributed by atoms with E-state index in [9.17, 15) is 13.2 Å². The number of ether oxygens (including phenoxy) is 1. The third-order valence-corrected chi connectivity index (χ3v) is 3.33. The lowest BCUT2D eigenvalue weighted by Gasteiger charge is -2.35. The Bertz CT molecular complexity index is 528. The van der Waals surface area contributed by atoms with E-state index >= 15 is 0 Å². The van der Waals surface area contributed by atoms with Crippen molar-refractivity contribution in [2.75, 3.05) is 18.5 Å². The van der Waals surface area contributed by atoms with Crippen LogP contribution in [0.15, 0.2) is 18.2 Å². The molecule has 1 atom stereocenters. The highest BCUT2D eigenvalue weighted by Crippen LogP contribution is 2.34. The molecule has 0 amide bonds. The van der Waals surface area contributed by atoms with Gasteiger partial charge in [0.05, 0.1) is 29.3 Å². The molecule has 0 aliphatic carbocycles. The average Bonchev–Trinajstić information content (AvgIpc) is 2.38. The number of hydrogen-bond donors (Lipinski definition) is 1. The summed E-state index contributed by atoms with van der Waals surface area (Å²) in [7, 11) is 0. The normalized spacial score (nSPS) is 23.1. The van der Waals surface area contributed by atoms with E-state index in [2.05, 4.69) is 5.32 Å². The quantitative estimate of drug-likeness (QED) is 0.903. The number of benzene rings is 1. The van der Waals surface area contributed by atoms with Gasteiger partial charge in [-0.3, -0.25) is 0 Å². The SMILES string of the molecule is CC1(Nc2ccc(C#N)c(C(F)(F)F)c2)CCCOC1. The van der Waals surface area contributed by atoms with Gasteiger partial charge in [0.2, 0.25) is 0 Å². The van der Waals surface area contributed by atoms with Gasteiger partial charge in [-0.05, 0) is 38.0 Å². The number of alkyl halides is 3. The Hall–Kier alpha value is -1.74. The predicted octanol–water partition coefficient (Wildman–Crippen LogP) is 3.56. The van der Waals surface area contributed by atoms with Crippen molar-refractivity contribution >= 4 is 5.69 Å². The van der Waals surface area contributed by atoms with Crippen molar-refractivity contribution in [3.8, 4) is 6.07 Å². The maximum atomic E-state index is 12.9. The van der Waals surface area contributed by atoms with E-state index < -0.39 is 11.7 Å². The molecule has 1 heterocycles. The Balaban J connectivity index is 2.28. The van der Waals surface area contributed by atoms with Crippen molar-refractivity contribution in [2.24, 2.45) is 0 Å². The number of nitrogens with one attached hydrogen (secondary N) is 1. The first-order valence-corrected chi connectivity index (χ1v) is 6.31. The van der Waals surface area contributed by atoms with E-state index in [1.165, 1.54) is 12.1 Å². The molecular formula is C14H15F3N2O. The van der Waals surface area contributed by atoms with Gasteiger partial charge in [-0.15, -0.1) is 0 Å². The van der Waals surface area contributed by atoms with E-state index in [1.54, 1.807) is 6.07 Å². The maximum absolute atomic E-state index is 12.9. The predicted molar refractivity (Wildman–Crippen MR) is 68.2 cm³/mol. The molecule has 1 saturated heterocycles. The molecule has 6 heteroatoms. The van der Waals surface area contributed by atoms with Crippen molar-refractivity contribution < 1.29 is 17.9 Å². The summed E-state index contributed by atoms with van der Waals surface area (Å²) in [4.78, 5) is 0. The van der Waals surface area contributed by atoms with Crippen molar-refractivity contribution in [2.45, 2.75) is 31.5 Å². The minimum absolute atomic E-state index is 0.351. The Kier molecular flexibility index (Phi) is 3.91. The van der Waals surface area contributed by atoms with Crippen LogP contribution in [0.2, 0.25) is 0 Å². The van der Waals surface area contributed by atoms with Crippen LogP contribution in [0.4, 0.5) is 18.9 Å². The van der Waals surface area contributed by atoms with Crippen LogP contribution < -0.4 is 5.32 Å². The van der Waals surface area contributed by atoms with Gasteiger partial charge < -0.3 is 10.1 Å². The summed E-state index contributed by atoms with van der Waals surface area (Å²) < 4.78 is 44.0. The van der Waals surface area contributed by atoms with E-state index in [-0.39, 0.29) is 11.1 Å². The van der Waals surface area contributed by atoms with E-state index in [4.69, 9.17) is 10.00 Å². The van der Waals surface area contributed by atoms with E-state index in [1.807, 2.05) is 6.92 Å². The fraction of sp³-hybridized carbons (Fsp3) is 0.500. The zero-order chi connectivity index (χ0) is 14.8. The standard InChI is InChI=1S/C14H15F3N2O/c1-13(5-2-6-20-9-13)19-11-4-3-10(8-18)12(7-11)14(15,16)17/h3-4,7,19H,2,5-6,9H2,1H3. The molecule has 0 saturated carbocycles. The smallest absolute Gasteiger partial charge is 0.379 e. The third kappa shape index (κ3) is 3.23. The molecule has 3 nitrogen and oxygen atoms in total. The summed E-state index contributed by atoms with van der Waals surface area (Å²) in [6, 6.07) is 5.24. The van der Waals surface area contributed by atoms with Crippen molar-refractivity contribution in [3.63, 3.8) is 0 Å². The highest BCUT2D eigenvalue weighted by molar-refractivity contribution is 5.54. The van der Waals surface area contributed by atoms with Crippen LogP contribution in [-0.4, -0.2) is 18.8 Å². The number of anilines is 1. The molecule has 1 unspecified atom stereocenters. The molecule has 1 fully saturated rings. The first-order chi connectivity index (χ1) is 9.34. The average molecular weight is 284 g/mol. The summed E-state index contributed by atoms with van der Waals surface area (Å²) in [5.74, 6) is 0. The van der Waals surface area contributed by atoms with Crippen LogP contribution in [0, 0.1) is 11.3 Å². The molecule has 0 bridgehead atoms. The Morgan fingerprint density at radius 1 is 1.40 bits per heavy atom. The fourth-order valence-electron chi connectivity index (χ4n) is 2.34. The summed E-state index contributed by atoms with van der Waals surface area (Å²) >= 11 is 0. The first-order valence-electron chi connectivity index (χ1n) is 6.31. The van der Waals surface area contributed by atoms with Gasteiger partial charge in [-0.25, -0.2) is 0 Å². The fourth-order valence-corrected chi connectivity index (χ4v) is 2.34. The van der Waals surface area contributed by atoms with Crippen molar-refractivity contribution in [1.82, 2.24) is 0 Å². The second kappa shape index (κ2) is 5.33. The molecule has 0 radical (unpaired) electrons. The maximum Gasteiger partial charge on any atom is 0.417 e. The molecule has 20 heavy (non-hydrogen) atoms. The summed E-state index contributed by atoms with van der Waals surface area (Å²) in [5.41, 5.74) is -1.31. The molecule has 0 spiro atoms. The molecule has 1 aromatic carbocycles. The van der Waals surface area contributed by atoms with Crippen LogP contribution in [0.25, 0.3) is 0 Å². The van der Waals surface area contributed by atoms with Gasteiger partial charge in [0, 0.05) is 12.3 Å². The minimum Gasteiger partial charge on any atom is -0.379 e. The van der Waals surface area contributed by atoms with Crippen LogP contribution in [0.1, 0.15) is 30.9 Å². The lowest BCUT2D eigenvalue weighted by atomic mass is 9.94. The van der Waals surface area contributed by atoms with Crippen LogP contribution in [-0.2, 0) is 10.9 Å². The van der Waals surface area contributed by atoms with E-state index in [0.29, 0.717) is 18.9 Å². The Labute approximate surface area is 115 Å². The summed E-state index contributed by atoms with van der Waals surface area (Å²) in [5, 5.41) is 11.8. The first kappa shape index (κ1) is 14.7. The Morgan fingerprint density at radius 2 is 2.15 bits per heavy atom. The molecule has 1 aliphatic heterocycles. The highest BCUT2D eigenvalue weighted by atomic mass is 19.4. The van der Waals surface area contributed by atoms with Gasteiger partial charge in [-0.1, -0.05) is 0 Å². The monoisotopic (exact) mass is 284 g/mol. The Morgan fingerprint density at radius 3 is 2.70 bits per heavy atom. The van der Waals surface area contributed by atoms with Crippen LogP contribution in [0.5, 0.6) is 0 Å². The second-order valence-electron chi connectivity index (χ2n) is 5.21. The van der Waals surface area contributed by atoms with E-state index in [0.717, 1.165) is 18.9 Å². The van der Waals surface area contributed by atoms with Crippen LogP contribution in [0.3, 0.4) is 0 Å². The largest absolute Gasteiger partial charge is 0.417 e. The third-order valence-electron chi connectivity index (χ3n) is 3.33. The molecule has 0 aromatic heterocycles. The number of nitriles is 1. The highest BCUT2D eigenvalue weighted by Gasteiger charge is 2.34. The molecule has 2 rings (SSSR count). The van der Waals surface area contributed by atoms with Crippen molar-refractivity contribution in [3.05, 3.63) is 29.3 Å². The van der Waals surface area contributed by atoms with Crippen LogP contribution >= 0.6 is 0 Å². The number of rotatable bonds is 2. The van der Waals surface area contributed by atoms with Gasteiger partial charge in [0.1, 0.15) is 0 Å². The topological polar surface area (TPSA) is 45.0 Å². The van der Waals surface area contributed by atoms with Crippen molar-refractivity contribution in [1.29, 1.82) is 5.26 Å². The number of nitrogens with zero attached hydrogens (tertiary/aromatic N) is 1. The molecule has 1 aliphatic rings. The lowest BCUT2D eigenvalue weighted by Crippen LogP contribution is -2.43. The molecule has 1 N–H and O–H groups in total. The summed E-state index contributed by atoms with van der Waals surface area (Å²) in [6.45, 7) is 3.05. The van der Waals surface area contributed by atoms with Gasteiger partial charge in [0.15, 0.2) is 0 Å².